The summed E-state index contributed by atoms with van der Waals surface area (Å²) in [5.41, 5.74) is -0.189. The van der Waals surface area contributed by atoms with Gasteiger partial charge in [0.1, 0.15) is 0 Å². The van der Waals surface area contributed by atoms with Gasteiger partial charge in [-0.15, -0.1) is 0 Å². The van der Waals surface area contributed by atoms with Gasteiger partial charge in [0.25, 0.3) is 0 Å². The molecule has 1 aromatic rings. The van der Waals surface area contributed by atoms with Crippen molar-refractivity contribution in [2.75, 3.05) is 6.61 Å². The largest absolute Gasteiger partial charge is 0.416 e. The van der Waals surface area contributed by atoms with Crippen LogP contribution in [0.3, 0.4) is 0 Å². The van der Waals surface area contributed by atoms with Crippen molar-refractivity contribution in [1.29, 1.82) is 5.26 Å². The molecule has 0 aliphatic heterocycles. The number of aliphatic hydroxyl groups is 1. The number of rotatable bonds is 4. The van der Waals surface area contributed by atoms with Crippen molar-refractivity contribution in [1.82, 2.24) is 5.32 Å². The molecule has 0 saturated carbocycles. The van der Waals surface area contributed by atoms with Gasteiger partial charge in [-0.3, -0.25) is 0 Å². The number of hydrogen-bond donors (Lipinski definition) is 2. The molecule has 0 amide bonds. The molecule has 0 saturated heterocycles. The van der Waals surface area contributed by atoms with E-state index in [0.29, 0.717) is 24.8 Å². The lowest BCUT2D eigenvalue weighted by atomic mass is 9.93. The second kappa shape index (κ2) is 7.35. The Balaban J connectivity index is 2.22. The zero-order chi connectivity index (χ0) is 17.0. The summed E-state index contributed by atoms with van der Waals surface area (Å²) in [6.07, 6.45) is -0.990. The lowest BCUT2D eigenvalue weighted by Gasteiger charge is -2.28. The van der Waals surface area contributed by atoms with Crippen LogP contribution in [0.4, 0.5) is 13.2 Å². The monoisotopic (exact) mass is 344 g/mol. The zero-order valence-corrected chi connectivity index (χ0v) is 13.0. The second-order valence-corrected chi connectivity index (χ2v) is 5.88. The van der Waals surface area contributed by atoms with Crippen molar-refractivity contribution in [2.45, 2.75) is 37.5 Å². The topological polar surface area (TPSA) is 56.0 Å². The van der Waals surface area contributed by atoms with Crippen LogP contribution in [0.2, 0.25) is 5.02 Å². The molecule has 0 heterocycles. The summed E-state index contributed by atoms with van der Waals surface area (Å²) < 4.78 is 39.6. The van der Waals surface area contributed by atoms with E-state index in [9.17, 15) is 18.3 Å². The average molecular weight is 345 g/mol. The Morgan fingerprint density at radius 1 is 1.43 bits per heavy atom. The number of halogens is 4. The maximum Gasteiger partial charge on any atom is 0.416 e. The van der Waals surface area contributed by atoms with E-state index in [-0.39, 0.29) is 16.6 Å². The number of allylic oxidation sites excluding steroid dienone is 1. The molecule has 2 unspecified atom stereocenters. The third kappa shape index (κ3) is 4.47. The Bertz CT molecular complexity index is 637. The highest BCUT2D eigenvalue weighted by Crippen LogP contribution is 2.36. The van der Waals surface area contributed by atoms with Crippen LogP contribution >= 0.6 is 11.6 Å². The van der Waals surface area contributed by atoms with Gasteiger partial charge in [-0.05, 0) is 37.0 Å². The Hall–Kier alpha value is -1.55. The van der Waals surface area contributed by atoms with E-state index in [1.165, 1.54) is 12.1 Å². The molecule has 0 aromatic heterocycles. The molecule has 0 fully saturated rings. The van der Waals surface area contributed by atoms with Gasteiger partial charge in [-0.1, -0.05) is 23.7 Å². The number of nitrogens with one attached hydrogen (secondary N) is 1. The Morgan fingerprint density at radius 3 is 2.70 bits per heavy atom. The minimum Gasteiger partial charge on any atom is -0.394 e. The summed E-state index contributed by atoms with van der Waals surface area (Å²) in [6, 6.07) is 4.70. The van der Waals surface area contributed by atoms with Crippen molar-refractivity contribution in [2.24, 2.45) is 0 Å². The first-order valence-corrected chi connectivity index (χ1v) is 7.55. The van der Waals surface area contributed by atoms with Crippen LogP contribution in [0.15, 0.2) is 29.8 Å². The molecule has 2 rings (SSSR count). The molecule has 0 bridgehead atoms. The number of alkyl halides is 3. The molecule has 1 aliphatic rings. The van der Waals surface area contributed by atoms with Gasteiger partial charge in [0.15, 0.2) is 0 Å². The van der Waals surface area contributed by atoms with E-state index in [0.717, 1.165) is 6.07 Å². The van der Waals surface area contributed by atoms with Crippen molar-refractivity contribution in [3.63, 3.8) is 0 Å². The van der Waals surface area contributed by atoms with Gasteiger partial charge >= 0.3 is 6.18 Å². The minimum atomic E-state index is -4.55. The highest BCUT2D eigenvalue weighted by atomic mass is 35.5. The predicted octanol–water partition coefficient (Wildman–Crippen LogP) is 3.98. The van der Waals surface area contributed by atoms with E-state index in [1.807, 2.05) is 0 Å². The van der Waals surface area contributed by atoms with Gasteiger partial charge in [0.2, 0.25) is 0 Å². The van der Waals surface area contributed by atoms with E-state index in [4.69, 9.17) is 16.9 Å². The summed E-state index contributed by atoms with van der Waals surface area (Å²) in [4.78, 5) is 0. The maximum atomic E-state index is 13.2. The molecule has 2 atom stereocenters. The average Bonchev–Trinajstić information content (AvgIpc) is 2.52. The molecule has 7 heteroatoms. The summed E-state index contributed by atoms with van der Waals surface area (Å²) in [5, 5.41) is 21.4. The Morgan fingerprint density at radius 2 is 2.17 bits per heavy atom. The van der Waals surface area contributed by atoms with E-state index >= 15 is 0 Å². The predicted molar refractivity (Wildman–Crippen MR) is 80.8 cm³/mol. The van der Waals surface area contributed by atoms with Crippen LogP contribution in [0.1, 0.15) is 36.4 Å². The zero-order valence-electron chi connectivity index (χ0n) is 12.2. The fourth-order valence-corrected chi connectivity index (χ4v) is 2.86. The van der Waals surface area contributed by atoms with Gasteiger partial charge < -0.3 is 10.4 Å². The second-order valence-electron chi connectivity index (χ2n) is 5.44. The normalized spacial score (nSPS) is 19.8. The summed E-state index contributed by atoms with van der Waals surface area (Å²) >= 11 is 5.67. The third-order valence-electron chi connectivity index (χ3n) is 3.87. The lowest BCUT2D eigenvalue weighted by molar-refractivity contribution is -0.138. The highest BCUT2D eigenvalue weighted by molar-refractivity contribution is 6.30. The van der Waals surface area contributed by atoms with E-state index < -0.39 is 24.4 Å². The summed E-state index contributed by atoms with van der Waals surface area (Å²) in [7, 11) is 0. The fraction of sp³-hybridized carbons (Fsp3) is 0.438. The molecule has 23 heavy (non-hydrogen) atoms. The minimum absolute atomic E-state index is 0.00275. The van der Waals surface area contributed by atoms with Crippen LogP contribution in [-0.2, 0) is 6.18 Å². The molecule has 0 radical (unpaired) electrons. The van der Waals surface area contributed by atoms with Crippen molar-refractivity contribution in [3.05, 3.63) is 46.0 Å². The number of nitrogens with zero attached hydrogens (tertiary/aromatic N) is 1. The van der Waals surface area contributed by atoms with E-state index in [1.54, 1.807) is 6.08 Å². The van der Waals surface area contributed by atoms with Crippen LogP contribution in [0, 0.1) is 11.3 Å². The first-order chi connectivity index (χ1) is 10.8. The Kier molecular flexibility index (Phi) is 5.69. The van der Waals surface area contributed by atoms with Crippen LogP contribution < -0.4 is 5.32 Å². The number of benzene rings is 1. The van der Waals surface area contributed by atoms with Crippen molar-refractivity contribution < 1.29 is 18.3 Å². The number of aliphatic hydroxyl groups excluding tert-OH is 1. The van der Waals surface area contributed by atoms with E-state index in [2.05, 4.69) is 11.4 Å². The van der Waals surface area contributed by atoms with Crippen molar-refractivity contribution >= 4 is 11.6 Å². The van der Waals surface area contributed by atoms with Gasteiger partial charge in [0.05, 0.1) is 24.3 Å². The summed E-state index contributed by atoms with van der Waals surface area (Å²) in [6.45, 7) is -0.462. The highest BCUT2D eigenvalue weighted by Gasteiger charge is 2.35. The van der Waals surface area contributed by atoms with Crippen molar-refractivity contribution in [3.8, 4) is 6.07 Å². The third-order valence-corrected chi connectivity index (χ3v) is 4.11. The van der Waals surface area contributed by atoms with Gasteiger partial charge in [-0.25, -0.2) is 0 Å². The number of hydrogen-bond acceptors (Lipinski definition) is 3. The van der Waals surface area contributed by atoms with Crippen LogP contribution in [0.25, 0.3) is 0 Å². The molecule has 1 aliphatic carbocycles. The SMILES string of the molecule is N#CC1=CCC(NC(CO)c2ccc(Cl)cc2C(F)(F)F)CC1. The quantitative estimate of drug-likeness (QED) is 0.868. The maximum absolute atomic E-state index is 13.2. The molecule has 3 nitrogen and oxygen atoms in total. The Labute approximate surface area is 137 Å². The molecule has 2 N–H and O–H groups in total. The molecule has 0 spiro atoms. The van der Waals surface area contributed by atoms with Gasteiger partial charge in [0, 0.05) is 16.6 Å². The lowest BCUT2D eigenvalue weighted by Crippen LogP contribution is -2.36. The first-order valence-electron chi connectivity index (χ1n) is 7.18. The molecule has 124 valence electrons. The van der Waals surface area contributed by atoms with Gasteiger partial charge in [-0.2, -0.15) is 18.4 Å². The molecular formula is C16H16ClF3N2O. The summed E-state index contributed by atoms with van der Waals surface area (Å²) in [5.74, 6) is 0. The van der Waals surface area contributed by atoms with Crippen LogP contribution in [0.5, 0.6) is 0 Å². The standard InChI is InChI=1S/C16H16ClF3N2O/c17-11-3-6-13(14(7-11)16(18,19)20)15(9-23)22-12-4-1-10(8-21)2-5-12/h1,3,6-7,12,15,22-23H,2,4-5,9H2. The first kappa shape index (κ1) is 17.8. The number of nitriles is 1. The molecular weight excluding hydrogens is 329 g/mol. The van der Waals surface area contributed by atoms with Crippen LogP contribution in [-0.4, -0.2) is 17.8 Å². The smallest absolute Gasteiger partial charge is 0.394 e. The fourth-order valence-electron chi connectivity index (χ4n) is 2.69. The molecule has 1 aromatic carbocycles.